The summed E-state index contributed by atoms with van der Waals surface area (Å²) in [6.45, 7) is 1.68. The molecule has 1 spiro atoms. The van der Waals surface area contributed by atoms with Crippen LogP contribution >= 0.6 is 0 Å². The summed E-state index contributed by atoms with van der Waals surface area (Å²) >= 11 is 0. The second-order valence-corrected chi connectivity index (χ2v) is 4.75. The normalized spacial score (nSPS) is 26.7. The molecule has 0 aromatic heterocycles. The van der Waals surface area contributed by atoms with Crippen molar-refractivity contribution in [2.45, 2.75) is 38.8 Å². The van der Waals surface area contributed by atoms with E-state index >= 15 is 0 Å². The van der Waals surface area contributed by atoms with Crippen molar-refractivity contribution in [2.75, 3.05) is 0 Å². The fourth-order valence-electron chi connectivity index (χ4n) is 2.89. The van der Waals surface area contributed by atoms with E-state index in [2.05, 4.69) is 0 Å². The van der Waals surface area contributed by atoms with E-state index in [4.69, 9.17) is 5.02 Å². The van der Waals surface area contributed by atoms with Gasteiger partial charge in [0.15, 0.2) is 0 Å². The third kappa shape index (κ3) is 1.31. The third-order valence-electron chi connectivity index (χ3n) is 3.26. The molecule has 0 radical (unpaired) electrons. The zero-order chi connectivity index (χ0) is 8.77. The van der Waals surface area contributed by atoms with Gasteiger partial charge in [0, 0.05) is 12.8 Å². The van der Waals surface area contributed by atoms with Crippen molar-refractivity contribution in [3.8, 4) is 0 Å². The molecule has 0 aliphatic heterocycles. The van der Waals surface area contributed by atoms with Gasteiger partial charge in [0.05, 0.1) is 0 Å². The van der Waals surface area contributed by atoms with Gasteiger partial charge < -0.3 is 5.02 Å². The summed E-state index contributed by atoms with van der Waals surface area (Å²) in [6, 6.07) is 0. The van der Waals surface area contributed by atoms with Crippen LogP contribution in [-0.2, 0) is 4.79 Å². The minimum absolute atomic E-state index is 0.164. The van der Waals surface area contributed by atoms with Crippen molar-refractivity contribution in [1.82, 2.24) is 0 Å². The van der Waals surface area contributed by atoms with E-state index in [9.17, 15) is 4.79 Å². The number of ketones is 1. The summed E-state index contributed by atoms with van der Waals surface area (Å²) in [5, 5.41) is 9.13. The molecule has 2 rings (SSSR count). The zero-order valence-corrected chi connectivity index (χ0v) is 7.55. The summed E-state index contributed by atoms with van der Waals surface area (Å²) in [5.41, 5.74) is 0.413. The molecule has 2 saturated carbocycles. The van der Waals surface area contributed by atoms with Crippen LogP contribution in [0.25, 0.3) is 0 Å². The van der Waals surface area contributed by atoms with Crippen molar-refractivity contribution in [3.05, 3.63) is 0 Å². The molecule has 0 amide bonds. The molecule has 3 heteroatoms. The molecular weight excluding hydrogens is 151 g/mol. The maximum absolute atomic E-state index is 10.8. The highest BCUT2D eigenvalue weighted by atomic mass is 16.2. The molecule has 2 fully saturated rings. The van der Waals surface area contributed by atoms with E-state index < -0.39 is 0 Å². The van der Waals surface area contributed by atoms with Gasteiger partial charge in [-0.3, -0.25) is 4.79 Å². The van der Waals surface area contributed by atoms with Crippen LogP contribution in [0.5, 0.6) is 0 Å². The van der Waals surface area contributed by atoms with E-state index in [1.807, 2.05) is 6.82 Å². The van der Waals surface area contributed by atoms with Gasteiger partial charge in [0.1, 0.15) is 5.78 Å². The Morgan fingerprint density at radius 1 is 1.58 bits per heavy atom. The largest absolute Gasteiger partial charge is 0.451 e. The molecule has 0 unspecified atom stereocenters. The standard InChI is InChI=1S/C9H15BO2/c1-10(12)6-7-2-9(3-7)4-8(11)5-9/h7,12H,2-6H2,1H3. The molecule has 2 aliphatic rings. The van der Waals surface area contributed by atoms with Crippen LogP contribution in [0.1, 0.15) is 25.7 Å². The molecule has 2 aliphatic carbocycles. The average Bonchev–Trinajstić information content (AvgIpc) is 1.78. The Kier molecular flexibility index (Phi) is 1.79. The molecule has 1 N–H and O–H groups in total. The highest BCUT2D eigenvalue weighted by molar-refractivity contribution is 6.48. The van der Waals surface area contributed by atoms with Crippen molar-refractivity contribution in [1.29, 1.82) is 0 Å². The van der Waals surface area contributed by atoms with Crippen molar-refractivity contribution in [2.24, 2.45) is 11.3 Å². The summed E-state index contributed by atoms with van der Waals surface area (Å²) in [5.74, 6) is 1.13. The van der Waals surface area contributed by atoms with Crippen LogP contribution in [0.4, 0.5) is 0 Å². The highest BCUT2D eigenvalue weighted by Crippen LogP contribution is 2.58. The Bertz CT molecular complexity index is 197. The predicted molar refractivity (Wildman–Crippen MR) is 48.0 cm³/mol. The first-order valence-electron chi connectivity index (χ1n) is 4.79. The van der Waals surface area contributed by atoms with Crippen LogP contribution < -0.4 is 0 Å². The molecule has 2 nitrogen and oxygen atoms in total. The first-order chi connectivity index (χ1) is 5.60. The molecule has 0 aromatic rings. The SMILES string of the molecule is CB(O)CC1CC2(CC(=O)C2)C1. The Labute approximate surface area is 73.5 Å². The number of carbonyl (C=O) groups is 1. The first-order valence-corrected chi connectivity index (χ1v) is 4.79. The number of hydrogen-bond acceptors (Lipinski definition) is 2. The summed E-state index contributed by atoms with van der Waals surface area (Å²) in [4.78, 5) is 10.8. The first kappa shape index (κ1) is 8.30. The fraction of sp³-hybridized carbons (Fsp3) is 0.889. The number of carbonyl (C=O) groups excluding carboxylic acids is 1. The van der Waals surface area contributed by atoms with Gasteiger partial charge in [-0.2, -0.15) is 0 Å². The van der Waals surface area contributed by atoms with Gasteiger partial charge in [-0.15, -0.1) is 0 Å². The number of rotatable bonds is 2. The molecule has 0 bridgehead atoms. The van der Waals surface area contributed by atoms with Gasteiger partial charge in [-0.05, 0) is 30.5 Å². The van der Waals surface area contributed by atoms with Crippen LogP contribution in [0.3, 0.4) is 0 Å². The quantitative estimate of drug-likeness (QED) is 0.628. The maximum atomic E-state index is 10.8. The Balaban J connectivity index is 1.74. The lowest BCUT2D eigenvalue weighted by molar-refractivity contribution is -0.141. The van der Waals surface area contributed by atoms with Gasteiger partial charge in [-0.25, -0.2) is 0 Å². The van der Waals surface area contributed by atoms with Crippen molar-refractivity contribution in [3.63, 3.8) is 0 Å². The summed E-state index contributed by atoms with van der Waals surface area (Å²) < 4.78 is 0. The molecule has 0 aromatic carbocycles. The average molecular weight is 166 g/mol. The Morgan fingerprint density at radius 2 is 2.17 bits per heavy atom. The van der Waals surface area contributed by atoms with E-state index in [0.717, 1.165) is 19.2 Å². The molecule has 0 heterocycles. The highest BCUT2D eigenvalue weighted by Gasteiger charge is 2.52. The monoisotopic (exact) mass is 166 g/mol. The fourth-order valence-corrected chi connectivity index (χ4v) is 2.89. The smallest absolute Gasteiger partial charge is 0.286 e. The molecule has 0 atom stereocenters. The number of Topliss-reactive ketones (excluding diaryl/α,β-unsaturated/α-hetero) is 1. The minimum Gasteiger partial charge on any atom is -0.451 e. The van der Waals surface area contributed by atoms with E-state index in [-0.39, 0.29) is 6.92 Å². The second-order valence-electron chi connectivity index (χ2n) is 4.75. The number of hydrogen-bond donors (Lipinski definition) is 1. The van der Waals surface area contributed by atoms with Crippen LogP contribution in [-0.4, -0.2) is 17.7 Å². The summed E-state index contributed by atoms with van der Waals surface area (Å²) in [6.07, 6.45) is 4.94. The van der Waals surface area contributed by atoms with Crippen molar-refractivity contribution < 1.29 is 9.82 Å². The van der Waals surface area contributed by atoms with Crippen LogP contribution in [0.15, 0.2) is 0 Å². The lowest BCUT2D eigenvalue weighted by Crippen LogP contribution is -2.48. The van der Waals surface area contributed by atoms with Crippen LogP contribution in [0, 0.1) is 11.3 Å². The Morgan fingerprint density at radius 3 is 2.58 bits per heavy atom. The Hall–Kier alpha value is -0.305. The van der Waals surface area contributed by atoms with Gasteiger partial charge >= 0.3 is 0 Å². The van der Waals surface area contributed by atoms with Gasteiger partial charge in [-0.1, -0.05) is 6.82 Å². The lowest BCUT2D eigenvalue weighted by Gasteiger charge is -2.53. The predicted octanol–water partition coefficient (Wildman–Crippen LogP) is 1.36. The molecule has 0 saturated heterocycles. The van der Waals surface area contributed by atoms with Gasteiger partial charge in [0.25, 0.3) is 6.92 Å². The summed E-state index contributed by atoms with van der Waals surface area (Å²) in [7, 11) is 0. The lowest BCUT2D eigenvalue weighted by atomic mass is 9.46. The maximum Gasteiger partial charge on any atom is 0.286 e. The molecule has 66 valence electrons. The minimum atomic E-state index is -0.164. The van der Waals surface area contributed by atoms with E-state index in [1.165, 1.54) is 12.8 Å². The third-order valence-corrected chi connectivity index (χ3v) is 3.26. The molecular formula is C9H15BO2. The van der Waals surface area contributed by atoms with E-state index in [0.29, 0.717) is 17.1 Å². The topological polar surface area (TPSA) is 37.3 Å². The molecule has 12 heavy (non-hydrogen) atoms. The van der Waals surface area contributed by atoms with Crippen LogP contribution in [0.2, 0.25) is 13.1 Å². The van der Waals surface area contributed by atoms with Gasteiger partial charge in [0.2, 0.25) is 0 Å². The van der Waals surface area contributed by atoms with Crippen molar-refractivity contribution >= 4 is 12.7 Å². The second kappa shape index (κ2) is 2.59. The zero-order valence-electron chi connectivity index (χ0n) is 7.55. The van der Waals surface area contributed by atoms with E-state index in [1.54, 1.807) is 0 Å².